The fourth-order valence-corrected chi connectivity index (χ4v) is 3.71. The lowest BCUT2D eigenvalue weighted by molar-refractivity contribution is -0.0687. The van der Waals surface area contributed by atoms with Gasteiger partial charge in [-0.2, -0.15) is 0 Å². The van der Waals surface area contributed by atoms with Gasteiger partial charge in [-0.05, 0) is 62.7 Å². The summed E-state index contributed by atoms with van der Waals surface area (Å²) in [6.07, 6.45) is 9.48. The standard InChI is InChI=1S/C15H28O2/c1-11-7-12(2)9-15(8-11)17-14-5-3-13(10-16)4-6-14/h11-16H,3-10H2,1-2H3. The lowest BCUT2D eigenvalue weighted by atomic mass is 9.81. The van der Waals surface area contributed by atoms with E-state index in [1.54, 1.807) is 0 Å². The van der Waals surface area contributed by atoms with E-state index in [9.17, 15) is 0 Å². The molecule has 0 aromatic rings. The molecule has 2 aliphatic rings. The van der Waals surface area contributed by atoms with Crippen molar-refractivity contribution in [2.45, 2.75) is 71.0 Å². The first-order chi connectivity index (χ1) is 8.17. The molecule has 0 radical (unpaired) electrons. The molecule has 0 aromatic heterocycles. The van der Waals surface area contributed by atoms with Crippen molar-refractivity contribution >= 4 is 0 Å². The molecule has 100 valence electrons. The molecule has 2 nitrogen and oxygen atoms in total. The van der Waals surface area contributed by atoms with Gasteiger partial charge in [0.1, 0.15) is 0 Å². The van der Waals surface area contributed by atoms with Crippen LogP contribution in [-0.4, -0.2) is 23.9 Å². The Hall–Kier alpha value is -0.0800. The number of hydrogen-bond acceptors (Lipinski definition) is 2. The molecule has 0 bridgehead atoms. The van der Waals surface area contributed by atoms with Gasteiger partial charge in [0.25, 0.3) is 0 Å². The molecule has 2 atom stereocenters. The van der Waals surface area contributed by atoms with Crippen LogP contribution in [0.2, 0.25) is 0 Å². The Bertz CT molecular complexity index is 211. The predicted octanol–water partition coefficient (Wildman–Crippen LogP) is 3.38. The number of aliphatic hydroxyl groups excluding tert-OH is 1. The molecule has 1 N–H and O–H groups in total. The van der Waals surface area contributed by atoms with Gasteiger partial charge in [0, 0.05) is 6.61 Å². The Kier molecular flexibility index (Phi) is 4.87. The van der Waals surface area contributed by atoms with E-state index < -0.39 is 0 Å². The van der Waals surface area contributed by atoms with Crippen LogP contribution in [0, 0.1) is 17.8 Å². The predicted molar refractivity (Wildman–Crippen MR) is 69.9 cm³/mol. The van der Waals surface area contributed by atoms with Crippen molar-refractivity contribution in [3.63, 3.8) is 0 Å². The molecular weight excluding hydrogens is 212 g/mol. The average molecular weight is 240 g/mol. The van der Waals surface area contributed by atoms with Gasteiger partial charge >= 0.3 is 0 Å². The molecular formula is C15H28O2. The van der Waals surface area contributed by atoms with Gasteiger partial charge < -0.3 is 9.84 Å². The number of ether oxygens (including phenoxy) is 1. The minimum Gasteiger partial charge on any atom is -0.396 e. The van der Waals surface area contributed by atoms with Gasteiger partial charge in [0.15, 0.2) is 0 Å². The summed E-state index contributed by atoms with van der Waals surface area (Å²) in [6.45, 7) is 5.08. The first-order valence-electron chi connectivity index (χ1n) is 7.43. The van der Waals surface area contributed by atoms with E-state index in [0.29, 0.717) is 24.7 Å². The van der Waals surface area contributed by atoms with Crippen molar-refractivity contribution in [2.75, 3.05) is 6.61 Å². The fraction of sp³-hybridized carbons (Fsp3) is 1.00. The summed E-state index contributed by atoms with van der Waals surface area (Å²) in [6, 6.07) is 0. The summed E-state index contributed by atoms with van der Waals surface area (Å²) in [5.74, 6) is 2.20. The molecule has 0 aromatic carbocycles. The zero-order chi connectivity index (χ0) is 12.3. The van der Waals surface area contributed by atoms with Gasteiger partial charge in [-0.25, -0.2) is 0 Å². The van der Waals surface area contributed by atoms with Crippen LogP contribution >= 0.6 is 0 Å². The second kappa shape index (κ2) is 6.19. The lowest BCUT2D eigenvalue weighted by Gasteiger charge is -2.36. The monoisotopic (exact) mass is 240 g/mol. The highest BCUT2D eigenvalue weighted by atomic mass is 16.5. The number of rotatable bonds is 3. The maximum absolute atomic E-state index is 9.13. The summed E-state index contributed by atoms with van der Waals surface area (Å²) >= 11 is 0. The molecule has 0 spiro atoms. The first-order valence-corrected chi connectivity index (χ1v) is 7.43. The van der Waals surface area contributed by atoms with E-state index in [1.165, 1.54) is 19.3 Å². The highest BCUT2D eigenvalue weighted by Gasteiger charge is 2.28. The van der Waals surface area contributed by atoms with Crippen LogP contribution in [0.4, 0.5) is 0 Å². The minimum atomic E-state index is 0.365. The summed E-state index contributed by atoms with van der Waals surface area (Å²) < 4.78 is 6.28. The third kappa shape index (κ3) is 3.96. The molecule has 0 aliphatic heterocycles. The van der Waals surface area contributed by atoms with Crippen LogP contribution in [0.5, 0.6) is 0 Å². The third-order valence-electron chi connectivity index (χ3n) is 4.57. The van der Waals surface area contributed by atoms with E-state index in [1.807, 2.05) is 0 Å². The summed E-state index contributed by atoms with van der Waals surface area (Å²) in [5, 5.41) is 9.13. The van der Waals surface area contributed by atoms with Gasteiger partial charge in [0.05, 0.1) is 12.2 Å². The number of aliphatic hydroxyl groups is 1. The van der Waals surface area contributed by atoms with Gasteiger partial charge in [-0.15, -0.1) is 0 Å². The molecule has 2 heteroatoms. The Morgan fingerprint density at radius 1 is 0.882 bits per heavy atom. The molecule has 17 heavy (non-hydrogen) atoms. The Morgan fingerprint density at radius 3 is 2.00 bits per heavy atom. The lowest BCUT2D eigenvalue weighted by Crippen LogP contribution is -2.32. The normalized spacial score (nSPS) is 43.6. The average Bonchev–Trinajstić information content (AvgIpc) is 2.28. The van der Waals surface area contributed by atoms with Crippen molar-refractivity contribution in [1.82, 2.24) is 0 Å². The molecule has 0 saturated heterocycles. The van der Waals surface area contributed by atoms with E-state index in [-0.39, 0.29) is 0 Å². The zero-order valence-electron chi connectivity index (χ0n) is 11.4. The molecule has 0 amide bonds. The SMILES string of the molecule is CC1CC(C)CC(OC2CCC(CO)CC2)C1. The second-order valence-electron chi connectivity index (χ2n) is 6.50. The van der Waals surface area contributed by atoms with Crippen molar-refractivity contribution in [3.8, 4) is 0 Å². The van der Waals surface area contributed by atoms with E-state index >= 15 is 0 Å². The van der Waals surface area contributed by atoms with Crippen molar-refractivity contribution in [1.29, 1.82) is 0 Å². The summed E-state index contributed by atoms with van der Waals surface area (Å²) in [7, 11) is 0. The van der Waals surface area contributed by atoms with Crippen molar-refractivity contribution in [2.24, 2.45) is 17.8 Å². The van der Waals surface area contributed by atoms with Gasteiger partial charge in [-0.1, -0.05) is 13.8 Å². The molecule has 2 saturated carbocycles. The van der Waals surface area contributed by atoms with E-state index in [4.69, 9.17) is 9.84 Å². The van der Waals surface area contributed by atoms with Crippen molar-refractivity contribution in [3.05, 3.63) is 0 Å². The fourth-order valence-electron chi connectivity index (χ4n) is 3.71. The van der Waals surface area contributed by atoms with E-state index in [0.717, 1.165) is 37.5 Å². The van der Waals surface area contributed by atoms with Crippen LogP contribution in [0.1, 0.15) is 58.8 Å². The van der Waals surface area contributed by atoms with Crippen LogP contribution in [0.15, 0.2) is 0 Å². The van der Waals surface area contributed by atoms with Crippen molar-refractivity contribution < 1.29 is 9.84 Å². The second-order valence-corrected chi connectivity index (χ2v) is 6.50. The molecule has 2 fully saturated rings. The zero-order valence-corrected chi connectivity index (χ0v) is 11.4. The Labute approximate surface area is 106 Å². The summed E-state index contributed by atoms with van der Waals surface area (Å²) in [4.78, 5) is 0. The molecule has 2 rings (SSSR count). The maximum atomic E-state index is 9.13. The highest BCUT2D eigenvalue weighted by molar-refractivity contribution is 4.78. The largest absolute Gasteiger partial charge is 0.396 e. The van der Waals surface area contributed by atoms with Crippen LogP contribution in [0.3, 0.4) is 0 Å². The topological polar surface area (TPSA) is 29.5 Å². The number of hydrogen-bond donors (Lipinski definition) is 1. The molecule has 2 aliphatic carbocycles. The first kappa shape index (κ1) is 13.4. The van der Waals surface area contributed by atoms with Crippen LogP contribution in [-0.2, 0) is 4.74 Å². The summed E-state index contributed by atoms with van der Waals surface area (Å²) in [5.41, 5.74) is 0. The smallest absolute Gasteiger partial charge is 0.0584 e. The van der Waals surface area contributed by atoms with Crippen LogP contribution < -0.4 is 0 Å². The Morgan fingerprint density at radius 2 is 1.47 bits per heavy atom. The van der Waals surface area contributed by atoms with Gasteiger partial charge in [0.2, 0.25) is 0 Å². The molecule has 2 unspecified atom stereocenters. The quantitative estimate of drug-likeness (QED) is 0.819. The Balaban J connectivity index is 1.74. The highest BCUT2D eigenvalue weighted by Crippen LogP contribution is 2.33. The van der Waals surface area contributed by atoms with Crippen LogP contribution in [0.25, 0.3) is 0 Å². The minimum absolute atomic E-state index is 0.365. The van der Waals surface area contributed by atoms with E-state index in [2.05, 4.69) is 13.8 Å². The molecule has 0 heterocycles. The third-order valence-corrected chi connectivity index (χ3v) is 4.57. The van der Waals surface area contributed by atoms with Gasteiger partial charge in [-0.3, -0.25) is 0 Å². The maximum Gasteiger partial charge on any atom is 0.0584 e.